The van der Waals surface area contributed by atoms with Gasteiger partial charge in [0.05, 0.1) is 6.10 Å². The zero-order chi connectivity index (χ0) is 16.2. The molecule has 0 N–H and O–H groups in total. The third-order valence-corrected chi connectivity index (χ3v) is 4.86. The lowest BCUT2D eigenvalue weighted by Gasteiger charge is -2.36. The molecule has 1 aromatic heterocycles. The van der Waals surface area contributed by atoms with Gasteiger partial charge in [-0.2, -0.15) is 0 Å². The SMILES string of the molecule is Cc1cc(N2CCN(CCC3CCCO3)CC2)nc(C(C)C)n1. The Balaban J connectivity index is 1.52. The lowest BCUT2D eigenvalue weighted by atomic mass is 10.1. The molecule has 0 aliphatic carbocycles. The Hall–Kier alpha value is -1.20. The minimum absolute atomic E-state index is 0.376. The molecule has 1 atom stereocenters. The average Bonchev–Trinajstić information content (AvgIpc) is 3.06. The van der Waals surface area contributed by atoms with Gasteiger partial charge < -0.3 is 9.64 Å². The van der Waals surface area contributed by atoms with Crippen LogP contribution in [0.25, 0.3) is 0 Å². The largest absolute Gasteiger partial charge is 0.378 e. The van der Waals surface area contributed by atoms with Crippen molar-refractivity contribution in [3.05, 3.63) is 17.6 Å². The molecule has 1 aromatic rings. The first kappa shape index (κ1) is 16.7. The molecule has 0 amide bonds. The van der Waals surface area contributed by atoms with Crippen LogP contribution in [-0.2, 0) is 4.74 Å². The molecule has 3 rings (SSSR count). The first-order chi connectivity index (χ1) is 11.1. The molecule has 0 spiro atoms. The number of piperazine rings is 1. The van der Waals surface area contributed by atoms with Crippen LogP contribution in [0.4, 0.5) is 5.82 Å². The van der Waals surface area contributed by atoms with E-state index in [0.29, 0.717) is 12.0 Å². The van der Waals surface area contributed by atoms with E-state index >= 15 is 0 Å². The van der Waals surface area contributed by atoms with Gasteiger partial charge in [0, 0.05) is 57.0 Å². The molecular formula is C18H30N4O. The highest BCUT2D eigenvalue weighted by atomic mass is 16.5. The summed E-state index contributed by atoms with van der Waals surface area (Å²) in [4.78, 5) is 14.3. The van der Waals surface area contributed by atoms with Crippen LogP contribution in [0, 0.1) is 6.92 Å². The summed E-state index contributed by atoms with van der Waals surface area (Å²) < 4.78 is 5.73. The fourth-order valence-electron chi connectivity index (χ4n) is 3.39. The van der Waals surface area contributed by atoms with Crippen molar-refractivity contribution in [3.8, 4) is 0 Å². The number of aryl methyl sites for hydroxylation is 1. The van der Waals surface area contributed by atoms with Gasteiger partial charge in [0.2, 0.25) is 0 Å². The molecule has 3 heterocycles. The highest BCUT2D eigenvalue weighted by Crippen LogP contribution is 2.20. The maximum Gasteiger partial charge on any atom is 0.133 e. The summed E-state index contributed by atoms with van der Waals surface area (Å²) in [6.45, 7) is 12.8. The minimum atomic E-state index is 0.376. The molecule has 128 valence electrons. The number of aromatic nitrogens is 2. The molecule has 1 unspecified atom stereocenters. The molecule has 2 fully saturated rings. The van der Waals surface area contributed by atoms with E-state index < -0.39 is 0 Å². The van der Waals surface area contributed by atoms with Crippen molar-refractivity contribution in [1.82, 2.24) is 14.9 Å². The summed E-state index contributed by atoms with van der Waals surface area (Å²) in [5.74, 6) is 2.43. The van der Waals surface area contributed by atoms with Gasteiger partial charge in [-0.1, -0.05) is 13.8 Å². The van der Waals surface area contributed by atoms with Crippen LogP contribution in [-0.4, -0.2) is 60.3 Å². The van der Waals surface area contributed by atoms with Crippen LogP contribution in [0.3, 0.4) is 0 Å². The Bertz CT molecular complexity index is 506. The summed E-state index contributed by atoms with van der Waals surface area (Å²) in [7, 11) is 0. The van der Waals surface area contributed by atoms with Crippen molar-refractivity contribution in [2.24, 2.45) is 0 Å². The second-order valence-electron chi connectivity index (χ2n) is 7.13. The topological polar surface area (TPSA) is 41.5 Å². The number of ether oxygens (including phenoxy) is 1. The molecule has 2 saturated heterocycles. The third kappa shape index (κ3) is 4.42. The molecular weight excluding hydrogens is 288 g/mol. The number of nitrogens with zero attached hydrogens (tertiary/aromatic N) is 4. The molecule has 0 bridgehead atoms. The van der Waals surface area contributed by atoms with Gasteiger partial charge >= 0.3 is 0 Å². The fraction of sp³-hybridized carbons (Fsp3) is 0.778. The van der Waals surface area contributed by atoms with Crippen molar-refractivity contribution < 1.29 is 4.74 Å². The zero-order valence-electron chi connectivity index (χ0n) is 14.8. The van der Waals surface area contributed by atoms with Crippen LogP contribution in [0.5, 0.6) is 0 Å². The number of hydrogen-bond acceptors (Lipinski definition) is 5. The highest BCUT2D eigenvalue weighted by Gasteiger charge is 2.21. The minimum Gasteiger partial charge on any atom is -0.378 e. The van der Waals surface area contributed by atoms with E-state index in [9.17, 15) is 0 Å². The fourth-order valence-corrected chi connectivity index (χ4v) is 3.39. The average molecular weight is 318 g/mol. The number of anilines is 1. The van der Waals surface area contributed by atoms with Crippen molar-refractivity contribution in [1.29, 1.82) is 0 Å². The Kier molecular flexibility index (Phi) is 5.49. The van der Waals surface area contributed by atoms with Gasteiger partial charge in [0.1, 0.15) is 11.6 Å². The van der Waals surface area contributed by atoms with Crippen LogP contribution >= 0.6 is 0 Å². The van der Waals surface area contributed by atoms with Crippen LogP contribution < -0.4 is 4.90 Å². The molecule has 23 heavy (non-hydrogen) atoms. The van der Waals surface area contributed by atoms with Crippen LogP contribution in [0.15, 0.2) is 6.07 Å². The summed E-state index contributed by atoms with van der Waals surface area (Å²) in [5, 5.41) is 0. The molecule has 5 nitrogen and oxygen atoms in total. The summed E-state index contributed by atoms with van der Waals surface area (Å²) in [5.41, 5.74) is 1.07. The highest BCUT2D eigenvalue weighted by molar-refractivity contribution is 5.40. The second-order valence-corrected chi connectivity index (χ2v) is 7.13. The van der Waals surface area contributed by atoms with Crippen molar-refractivity contribution >= 4 is 5.82 Å². The quantitative estimate of drug-likeness (QED) is 0.835. The van der Waals surface area contributed by atoms with Crippen LogP contribution in [0.1, 0.15) is 50.5 Å². The predicted molar refractivity (Wildman–Crippen MR) is 93.1 cm³/mol. The van der Waals surface area contributed by atoms with Crippen molar-refractivity contribution in [2.45, 2.75) is 52.1 Å². The van der Waals surface area contributed by atoms with Gasteiger partial charge in [-0.3, -0.25) is 4.90 Å². The van der Waals surface area contributed by atoms with Gasteiger partial charge in [-0.25, -0.2) is 9.97 Å². The lowest BCUT2D eigenvalue weighted by Crippen LogP contribution is -2.47. The summed E-state index contributed by atoms with van der Waals surface area (Å²) in [6.07, 6.45) is 4.18. The van der Waals surface area contributed by atoms with E-state index in [1.807, 2.05) is 0 Å². The first-order valence-corrected chi connectivity index (χ1v) is 9.06. The molecule has 0 aromatic carbocycles. The van der Waals surface area contributed by atoms with Crippen molar-refractivity contribution in [2.75, 3.05) is 44.2 Å². The van der Waals surface area contributed by atoms with Gasteiger partial charge in [0.15, 0.2) is 0 Å². The third-order valence-electron chi connectivity index (χ3n) is 4.86. The maximum absolute atomic E-state index is 5.73. The van der Waals surface area contributed by atoms with E-state index in [2.05, 4.69) is 41.6 Å². The van der Waals surface area contributed by atoms with Gasteiger partial charge in [0.25, 0.3) is 0 Å². The predicted octanol–water partition coefficient (Wildman–Crippen LogP) is 2.60. The monoisotopic (exact) mass is 318 g/mol. The maximum atomic E-state index is 5.73. The van der Waals surface area contributed by atoms with E-state index in [1.54, 1.807) is 0 Å². The van der Waals surface area contributed by atoms with E-state index in [4.69, 9.17) is 9.72 Å². The van der Waals surface area contributed by atoms with Crippen LogP contribution in [0.2, 0.25) is 0 Å². The van der Waals surface area contributed by atoms with Crippen molar-refractivity contribution in [3.63, 3.8) is 0 Å². The Morgan fingerprint density at radius 2 is 2.00 bits per heavy atom. The molecule has 0 saturated carbocycles. The lowest BCUT2D eigenvalue weighted by molar-refractivity contribution is 0.0910. The number of rotatable bonds is 5. The molecule has 0 radical (unpaired) electrons. The smallest absolute Gasteiger partial charge is 0.133 e. The van der Waals surface area contributed by atoms with Gasteiger partial charge in [-0.05, 0) is 26.2 Å². The zero-order valence-corrected chi connectivity index (χ0v) is 14.8. The standard InChI is InChI=1S/C18H30N4O/c1-14(2)18-19-15(3)13-17(20-18)22-10-8-21(9-11-22)7-6-16-5-4-12-23-16/h13-14,16H,4-12H2,1-3H3. The second kappa shape index (κ2) is 7.58. The summed E-state index contributed by atoms with van der Waals surface area (Å²) in [6, 6.07) is 2.12. The van der Waals surface area contributed by atoms with Gasteiger partial charge in [-0.15, -0.1) is 0 Å². The summed E-state index contributed by atoms with van der Waals surface area (Å²) >= 11 is 0. The van der Waals surface area contributed by atoms with E-state index in [0.717, 1.165) is 50.1 Å². The molecule has 2 aliphatic rings. The molecule has 2 aliphatic heterocycles. The number of hydrogen-bond donors (Lipinski definition) is 0. The van der Waals surface area contributed by atoms with E-state index in [-0.39, 0.29) is 0 Å². The Morgan fingerprint density at radius 1 is 1.22 bits per heavy atom. The first-order valence-electron chi connectivity index (χ1n) is 9.06. The normalized spacial score (nSPS) is 23.0. The van der Waals surface area contributed by atoms with E-state index in [1.165, 1.54) is 25.8 Å². The Labute approximate surface area is 140 Å². The Morgan fingerprint density at radius 3 is 2.65 bits per heavy atom. The molecule has 5 heteroatoms.